The smallest absolute Gasteiger partial charge is 0.262 e. The molecule has 3 rings (SSSR count). The molecular formula is C20H20N6O4S. The van der Waals surface area contributed by atoms with Crippen LogP contribution in [0, 0.1) is 6.92 Å². The van der Waals surface area contributed by atoms with Gasteiger partial charge in [-0.15, -0.1) is 11.3 Å². The molecule has 1 amide bonds. The number of allylic oxidation sites excluding steroid dienone is 1. The zero-order valence-corrected chi connectivity index (χ0v) is 17.9. The molecule has 0 saturated carbocycles. The number of aryl methyl sites for hydroxylation is 1. The number of amides is 1. The number of carbonyl (C=O) groups is 2. The number of amidine groups is 1. The summed E-state index contributed by atoms with van der Waals surface area (Å²) in [6, 6.07) is 5.31. The number of hydrogen-bond donors (Lipinski definition) is 3. The lowest BCUT2D eigenvalue weighted by atomic mass is 10.2. The largest absolute Gasteiger partial charge is 0.492 e. The fraction of sp³-hybridized carbons (Fsp3) is 0.200. The quantitative estimate of drug-likeness (QED) is 0.166. The van der Waals surface area contributed by atoms with Crippen LogP contribution in [0.3, 0.4) is 0 Å². The number of likely N-dealkylation sites (N-methyl/N-ethyl adjacent to an activating group) is 1. The molecule has 3 aromatic heterocycles. The molecular weight excluding hydrogens is 420 g/mol. The van der Waals surface area contributed by atoms with Crippen LogP contribution >= 0.6 is 11.3 Å². The third-order valence-electron chi connectivity index (χ3n) is 4.25. The van der Waals surface area contributed by atoms with E-state index in [1.807, 2.05) is 0 Å². The van der Waals surface area contributed by atoms with Crippen molar-refractivity contribution in [1.29, 1.82) is 0 Å². The Kier molecular flexibility index (Phi) is 6.88. The van der Waals surface area contributed by atoms with E-state index in [9.17, 15) is 14.7 Å². The molecule has 0 radical (unpaired) electrons. The fourth-order valence-corrected chi connectivity index (χ4v) is 3.67. The number of aldehydes is 1. The van der Waals surface area contributed by atoms with Gasteiger partial charge in [-0.25, -0.2) is 9.98 Å². The Morgan fingerprint density at radius 2 is 2.16 bits per heavy atom. The Hall–Kier alpha value is -3.86. The summed E-state index contributed by atoms with van der Waals surface area (Å²) < 4.78 is 5.24. The lowest BCUT2D eigenvalue weighted by Crippen LogP contribution is -2.35. The highest BCUT2D eigenvalue weighted by molar-refractivity contribution is 7.21. The summed E-state index contributed by atoms with van der Waals surface area (Å²) in [5.74, 6) is 0.190. The first-order chi connectivity index (χ1) is 15.0. The van der Waals surface area contributed by atoms with Crippen molar-refractivity contribution in [2.24, 2.45) is 4.99 Å². The lowest BCUT2D eigenvalue weighted by molar-refractivity contribution is -0.107. The monoisotopic (exact) mass is 440 g/mol. The maximum Gasteiger partial charge on any atom is 0.262 e. The number of nitrogens with zero attached hydrogens (tertiary/aromatic N) is 4. The molecule has 0 aliphatic rings. The van der Waals surface area contributed by atoms with Gasteiger partial charge in [-0.3, -0.25) is 14.6 Å². The van der Waals surface area contributed by atoms with Crippen LogP contribution in [-0.2, 0) is 9.53 Å². The van der Waals surface area contributed by atoms with Crippen molar-refractivity contribution in [2.75, 3.05) is 20.7 Å². The van der Waals surface area contributed by atoms with E-state index in [0.717, 1.165) is 11.3 Å². The number of aromatic nitrogens is 3. The summed E-state index contributed by atoms with van der Waals surface area (Å²) >= 11 is 1.10. The molecule has 3 N–H and O–H groups in total. The van der Waals surface area contributed by atoms with E-state index in [2.05, 4.69) is 30.6 Å². The van der Waals surface area contributed by atoms with Crippen LogP contribution in [0.5, 0.6) is 5.88 Å². The number of thiophene rings is 1. The molecule has 0 fully saturated rings. The number of carbonyl (C=O) groups excluding carboxylic acids is 2. The number of nitrogens with one attached hydrogen (secondary N) is 2. The van der Waals surface area contributed by atoms with Gasteiger partial charge in [0.2, 0.25) is 5.88 Å². The van der Waals surface area contributed by atoms with Gasteiger partial charge < -0.3 is 20.5 Å². The summed E-state index contributed by atoms with van der Waals surface area (Å²) in [6.45, 7) is 1.85. The molecule has 3 aromatic rings. The van der Waals surface area contributed by atoms with E-state index >= 15 is 0 Å². The summed E-state index contributed by atoms with van der Waals surface area (Å²) in [5, 5.41) is 16.0. The average molecular weight is 440 g/mol. The molecule has 0 aromatic carbocycles. The highest BCUT2D eigenvalue weighted by atomic mass is 32.1. The molecule has 0 aliphatic heterocycles. The number of methoxy groups -OCH3 is 1. The van der Waals surface area contributed by atoms with E-state index in [1.165, 1.54) is 13.3 Å². The van der Waals surface area contributed by atoms with Crippen molar-refractivity contribution in [2.45, 2.75) is 6.92 Å². The number of rotatable bonds is 7. The molecule has 0 bridgehead atoms. The van der Waals surface area contributed by atoms with E-state index in [1.54, 1.807) is 38.4 Å². The van der Waals surface area contributed by atoms with Crippen molar-refractivity contribution in [3.8, 4) is 17.4 Å². The van der Waals surface area contributed by atoms with Crippen LogP contribution < -0.4 is 10.6 Å². The maximum atomic E-state index is 12.8. The lowest BCUT2D eigenvalue weighted by Gasteiger charge is -2.07. The van der Waals surface area contributed by atoms with Gasteiger partial charge in [-0.05, 0) is 24.6 Å². The maximum absolute atomic E-state index is 12.8. The Labute approximate surface area is 181 Å². The fourth-order valence-electron chi connectivity index (χ4n) is 2.61. The molecule has 0 atom stereocenters. The van der Waals surface area contributed by atoms with E-state index < -0.39 is 0 Å². The molecule has 0 spiro atoms. The zero-order valence-electron chi connectivity index (χ0n) is 17.0. The van der Waals surface area contributed by atoms with Gasteiger partial charge >= 0.3 is 0 Å². The summed E-state index contributed by atoms with van der Waals surface area (Å²) in [5.41, 5.74) is 1.63. The van der Waals surface area contributed by atoms with Crippen molar-refractivity contribution in [3.05, 3.63) is 46.8 Å². The minimum absolute atomic E-state index is 0.0530. The molecule has 160 valence electrons. The van der Waals surface area contributed by atoms with Gasteiger partial charge in [-0.1, -0.05) is 6.07 Å². The van der Waals surface area contributed by atoms with Gasteiger partial charge in [0.25, 0.3) is 5.91 Å². The normalized spacial score (nSPS) is 12.0. The highest BCUT2D eigenvalue weighted by Gasteiger charge is 2.21. The molecule has 0 saturated heterocycles. The van der Waals surface area contributed by atoms with Crippen molar-refractivity contribution in [3.63, 3.8) is 0 Å². The van der Waals surface area contributed by atoms with Gasteiger partial charge in [0.05, 0.1) is 30.2 Å². The molecule has 11 heteroatoms. The first-order valence-electron chi connectivity index (χ1n) is 9.12. The van der Waals surface area contributed by atoms with Gasteiger partial charge in [-0.2, -0.15) is 4.98 Å². The first kappa shape index (κ1) is 21.8. The third kappa shape index (κ3) is 4.83. The second kappa shape index (κ2) is 9.76. The third-order valence-corrected chi connectivity index (χ3v) is 5.53. The second-order valence-electron chi connectivity index (χ2n) is 6.18. The van der Waals surface area contributed by atoms with Crippen LogP contribution in [0.1, 0.15) is 15.2 Å². The number of hydrogen-bond acceptors (Lipinski definition) is 9. The Morgan fingerprint density at radius 1 is 1.35 bits per heavy atom. The van der Waals surface area contributed by atoms with Crippen LogP contribution in [-0.4, -0.2) is 58.8 Å². The summed E-state index contributed by atoms with van der Waals surface area (Å²) in [4.78, 5) is 40.8. The Morgan fingerprint density at radius 3 is 2.81 bits per heavy atom. The molecule has 0 unspecified atom stereocenters. The molecule has 10 nitrogen and oxygen atoms in total. The number of pyridine rings is 1. The highest BCUT2D eigenvalue weighted by Crippen LogP contribution is 2.35. The average Bonchev–Trinajstić information content (AvgIpc) is 3.14. The van der Waals surface area contributed by atoms with Gasteiger partial charge in [0.15, 0.2) is 17.9 Å². The predicted molar refractivity (Wildman–Crippen MR) is 117 cm³/mol. The second-order valence-corrected chi connectivity index (χ2v) is 7.20. The predicted octanol–water partition coefficient (Wildman–Crippen LogP) is 1.80. The zero-order chi connectivity index (χ0) is 22.4. The van der Waals surface area contributed by atoms with Crippen LogP contribution in [0.4, 0.5) is 0 Å². The number of fused-ring (bicyclic) bond motifs is 1. The first-order valence-corrected chi connectivity index (χ1v) is 9.93. The van der Waals surface area contributed by atoms with Gasteiger partial charge in [0, 0.05) is 13.2 Å². The number of ether oxygens (including phenoxy) is 1. The SMILES string of the molecule is CN/C(CNC(=O)c1sc2c(O)nc(-c3ccccn3)nc2c1C)=N\C=C(/C=O)OC. The number of aromatic hydroxyl groups is 1. The minimum Gasteiger partial charge on any atom is -0.492 e. The Balaban J connectivity index is 1.85. The molecule has 3 heterocycles. The summed E-state index contributed by atoms with van der Waals surface area (Å²) in [6.07, 6.45) is 3.39. The van der Waals surface area contributed by atoms with Crippen LogP contribution in [0.2, 0.25) is 0 Å². The summed E-state index contributed by atoms with van der Waals surface area (Å²) in [7, 11) is 3.00. The molecule has 31 heavy (non-hydrogen) atoms. The number of aliphatic imine (C=N–C) groups is 1. The van der Waals surface area contributed by atoms with Crippen molar-refractivity contribution in [1.82, 2.24) is 25.6 Å². The van der Waals surface area contributed by atoms with Crippen molar-refractivity contribution >= 4 is 39.6 Å². The van der Waals surface area contributed by atoms with E-state index in [0.29, 0.717) is 38.5 Å². The van der Waals surface area contributed by atoms with E-state index in [4.69, 9.17) is 4.74 Å². The van der Waals surface area contributed by atoms with Crippen molar-refractivity contribution < 1.29 is 19.4 Å². The molecule has 0 aliphatic carbocycles. The van der Waals surface area contributed by atoms with Crippen LogP contribution in [0.15, 0.2) is 41.3 Å². The minimum atomic E-state index is -0.353. The van der Waals surface area contributed by atoms with Gasteiger partial charge in [0.1, 0.15) is 16.2 Å². The van der Waals surface area contributed by atoms with E-state index in [-0.39, 0.29) is 29.9 Å². The topological polar surface area (TPSA) is 139 Å². The standard InChI is InChI=1S/C20H20N6O4S/c1-11-15-17(20(29)26-18(25-15)13-6-4-5-7-22-13)31-16(11)19(28)24-9-14(21-2)23-8-12(10-27)30-3/h4-8,10H,9H2,1-3H3,(H,21,23)(H,24,28)(H,25,26,29)/b12-8+. The Bertz CT molecular complexity index is 1170. The van der Waals surface area contributed by atoms with Crippen LogP contribution in [0.25, 0.3) is 21.7 Å².